The molecule has 0 aliphatic rings. The van der Waals surface area contributed by atoms with E-state index in [1.54, 1.807) is 17.6 Å². The summed E-state index contributed by atoms with van der Waals surface area (Å²) >= 11 is 6.02. The van der Waals surface area contributed by atoms with Gasteiger partial charge >= 0.3 is 5.97 Å². The summed E-state index contributed by atoms with van der Waals surface area (Å²) in [7, 11) is 0. The minimum Gasteiger partial charge on any atom is -0.462 e. The fourth-order valence-electron chi connectivity index (χ4n) is 3.73. The third-order valence-electron chi connectivity index (χ3n) is 5.25. The van der Waals surface area contributed by atoms with Crippen LogP contribution in [0.2, 0.25) is 5.02 Å². The van der Waals surface area contributed by atoms with Crippen molar-refractivity contribution in [2.24, 2.45) is 0 Å². The molecule has 5 rings (SSSR count). The number of carbonyl (C=O) groups excluding carboxylic acids is 1. The lowest BCUT2D eigenvalue weighted by Gasteiger charge is -2.08. The second kappa shape index (κ2) is 8.14. The molecular formula is C24H16ClFN4O3. The molecule has 0 amide bonds. The number of hydrogen-bond donors (Lipinski definition) is 0. The number of ether oxygens (including phenoxy) is 1. The highest BCUT2D eigenvalue weighted by Crippen LogP contribution is 2.34. The van der Waals surface area contributed by atoms with Crippen LogP contribution in [0.3, 0.4) is 0 Å². The first-order valence-electron chi connectivity index (χ1n) is 10.1. The number of hydrogen-bond acceptors (Lipinski definition) is 5. The standard InChI is InChI=1S/C24H16ClFN4O3/c1-2-33-24(32)16-11-27-21-20-17(14-6-4-3-5-7-14)12-29(15-8-9-19(26)18(25)10-15)22(20)28-13-30(21)23(16)31/h3-13H,2H2,1H3. The summed E-state index contributed by atoms with van der Waals surface area (Å²) in [4.78, 5) is 34.1. The first-order valence-corrected chi connectivity index (χ1v) is 10.5. The van der Waals surface area contributed by atoms with Crippen LogP contribution >= 0.6 is 11.6 Å². The van der Waals surface area contributed by atoms with Crippen molar-refractivity contribution in [3.63, 3.8) is 0 Å². The first kappa shape index (κ1) is 20.8. The number of benzene rings is 2. The van der Waals surface area contributed by atoms with E-state index in [9.17, 15) is 14.0 Å². The maximum atomic E-state index is 13.8. The third-order valence-corrected chi connectivity index (χ3v) is 5.54. The first-order chi connectivity index (χ1) is 16.0. The van der Waals surface area contributed by atoms with E-state index in [0.717, 1.165) is 11.1 Å². The summed E-state index contributed by atoms with van der Waals surface area (Å²) in [6.45, 7) is 1.80. The molecule has 0 unspecified atom stereocenters. The van der Waals surface area contributed by atoms with Crippen LogP contribution in [-0.4, -0.2) is 31.5 Å². The highest BCUT2D eigenvalue weighted by atomic mass is 35.5. The predicted molar refractivity (Wildman–Crippen MR) is 122 cm³/mol. The van der Waals surface area contributed by atoms with Crippen molar-refractivity contribution in [2.45, 2.75) is 6.92 Å². The number of esters is 1. The summed E-state index contributed by atoms with van der Waals surface area (Å²) in [6, 6.07) is 13.9. The number of fused-ring (bicyclic) bond motifs is 3. The van der Waals surface area contributed by atoms with E-state index < -0.39 is 17.3 Å². The van der Waals surface area contributed by atoms with Crippen LogP contribution in [0.25, 0.3) is 33.5 Å². The van der Waals surface area contributed by atoms with Crippen molar-refractivity contribution >= 4 is 34.3 Å². The Morgan fingerprint density at radius 1 is 1.12 bits per heavy atom. The Balaban J connectivity index is 1.85. The van der Waals surface area contributed by atoms with Gasteiger partial charge in [-0.15, -0.1) is 0 Å². The van der Waals surface area contributed by atoms with Crippen LogP contribution in [0.1, 0.15) is 17.3 Å². The molecule has 3 aromatic heterocycles. The van der Waals surface area contributed by atoms with Gasteiger partial charge in [-0.1, -0.05) is 41.9 Å². The zero-order chi connectivity index (χ0) is 23.1. The minimum absolute atomic E-state index is 0.0233. The lowest BCUT2D eigenvalue weighted by molar-refractivity contribution is 0.0523. The minimum atomic E-state index is -0.744. The summed E-state index contributed by atoms with van der Waals surface area (Å²) in [5.41, 5.74) is 2.28. The summed E-state index contributed by atoms with van der Waals surface area (Å²) in [5.74, 6) is -1.27. The molecule has 0 aliphatic heterocycles. The molecule has 0 N–H and O–H groups in total. The van der Waals surface area contributed by atoms with Crippen molar-refractivity contribution in [1.82, 2.24) is 18.9 Å². The zero-order valence-corrected chi connectivity index (χ0v) is 18.1. The SMILES string of the molecule is CCOC(=O)c1cnc2c3c(-c4ccccc4)cn(-c4ccc(F)c(Cl)c4)c3ncn2c1=O. The van der Waals surface area contributed by atoms with E-state index in [1.165, 1.54) is 29.1 Å². The Morgan fingerprint density at radius 2 is 1.91 bits per heavy atom. The second-order valence-corrected chi connectivity index (χ2v) is 7.62. The van der Waals surface area contributed by atoms with E-state index in [0.29, 0.717) is 22.4 Å². The van der Waals surface area contributed by atoms with Crippen LogP contribution in [0, 0.1) is 5.82 Å². The molecule has 33 heavy (non-hydrogen) atoms. The Bertz CT molecular complexity index is 1600. The van der Waals surface area contributed by atoms with E-state index in [1.807, 2.05) is 36.5 Å². The molecule has 0 fully saturated rings. The van der Waals surface area contributed by atoms with Crippen LogP contribution in [0.15, 0.2) is 72.0 Å². The van der Waals surface area contributed by atoms with E-state index in [-0.39, 0.29) is 17.2 Å². The topological polar surface area (TPSA) is 78.5 Å². The van der Waals surface area contributed by atoms with Gasteiger partial charge in [-0.3, -0.25) is 4.79 Å². The molecule has 0 aliphatic carbocycles. The van der Waals surface area contributed by atoms with Gasteiger partial charge < -0.3 is 9.30 Å². The number of rotatable bonds is 4. The quantitative estimate of drug-likeness (QED) is 0.363. The molecule has 5 aromatic rings. The maximum absolute atomic E-state index is 13.8. The monoisotopic (exact) mass is 462 g/mol. The molecule has 9 heteroatoms. The van der Waals surface area contributed by atoms with Crippen LogP contribution in [0.5, 0.6) is 0 Å². The Labute approximate surface area is 191 Å². The fourth-order valence-corrected chi connectivity index (χ4v) is 3.91. The van der Waals surface area contributed by atoms with Gasteiger partial charge in [-0.2, -0.15) is 0 Å². The van der Waals surface area contributed by atoms with Crippen molar-refractivity contribution in [1.29, 1.82) is 0 Å². The number of nitrogens with zero attached hydrogens (tertiary/aromatic N) is 4. The average molecular weight is 463 g/mol. The van der Waals surface area contributed by atoms with Crippen LogP contribution in [0.4, 0.5) is 4.39 Å². The molecule has 2 aromatic carbocycles. The van der Waals surface area contributed by atoms with Gasteiger partial charge in [0.2, 0.25) is 0 Å². The van der Waals surface area contributed by atoms with Crippen LogP contribution < -0.4 is 5.56 Å². The molecule has 0 radical (unpaired) electrons. The molecule has 0 atom stereocenters. The Morgan fingerprint density at radius 3 is 2.64 bits per heavy atom. The molecule has 0 saturated heterocycles. The second-order valence-electron chi connectivity index (χ2n) is 7.21. The van der Waals surface area contributed by atoms with Gasteiger partial charge in [0.15, 0.2) is 11.3 Å². The Hall–Kier alpha value is -4.04. The normalized spacial score (nSPS) is 11.2. The molecular weight excluding hydrogens is 447 g/mol. The van der Waals surface area contributed by atoms with Gasteiger partial charge in [0, 0.05) is 23.6 Å². The van der Waals surface area contributed by atoms with Gasteiger partial charge in [0.05, 0.1) is 17.0 Å². The van der Waals surface area contributed by atoms with Crippen molar-refractivity contribution < 1.29 is 13.9 Å². The number of aromatic nitrogens is 4. The summed E-state index contributed by atoms with van der Waals surface area (Å²) in [6.07, 6.45) is 4.37. The summed E-state index contributed by atoms with van der Waals surface area (Å²) in [5, 5.41) is 0.571. The smallest absolute Gasteiger partial charge is 0.345 e. The van der Waals surface area contributed by atoms with E-state index >= 15 is 0 Å². The molecule has 3 heterocycles. The fraction of sp³-hybridized carbons (Fsp3) is 0.0833. The molecule has 0 spiro atoms. The van der Waals surface area contributed by atoms with E-state index in [4.69, 9.17) is 16.3 Å². The summed E-state index contributed by atoms with van der Waals surface area (Å²) < 4.78 is 21.7. The number of halogens is 2. The lowest BCUT2D eigenvalue weighted by Crippen LogP contribution is -2.24. The van der Waals surface area contributed by atoms with Crippen molar-refractivity contribution in [3.8, 4) is 16.8 Å². The zero-order valence-electron chi connectivity index (χ0n) is 17.3. The Kier molecular flexibility index (Phi) is 5.14. The third kappa shape index (κ3) is 3.44. The van der Waals surface area contributed by atoms with Gasteiger partial charge in [0.25, 0.3) is 5.56 Å². The predicted octanol–water partition coefficient (Wildman–Crippen LogP) is 4.67. The lowest BCUT2D eigenvalue weighted by atomic mass is 10.1. The van der Waals surface area contributed by atoms with Crippen LogP contribution in [-0.2, 0) is 4.74 Å². The number of carbonyl (C=O) groups is 1. The molecule has 7 nitrogen and oxygen atoms in total. The van der Waals surface area contributed by atoms with Gasteiger partial charge in [-0.25, -0.2) is 23.6 Å². The molecule has 164 valence electrons. The maximum Gasteiger partial charge on any atom is 0.345 e. The highest BCUT2D eigenvalue weighted by Gasteiger charge is 2.21. The van der Waals surface area contributed by atoms with Gasteiger partial charge in [-0.05, 0) is 30.7 Å². The van der Waals surface area contributed by atoms with Crippen molar-refractivity contribution in [3.05, 3.63) is 94.0 Å². The largest absolute Gasteiger partial charge is 0.462 e. The van der Waals surface area contributed by atoms with Crippen molar-refractivity contribution in [2.75, 3.05) is 6.61 Å². The highest BCUT2D eigenvalue weighted by molar-refractivity contribution is 6.30. The van der Waals surface area contributed by atoms with Gasteiger partial charge in [0.1, 0.15) is 17.7 Å². The molecule has 0 bridgehead atoms. The average Bonchev–Trinajstić information content (AvgIpc) is 3.22. The van der Waals surface area contributed by atoms with E-state index in [2.05, 4.69) is 9.97 Å². The molecule has 0 saturated carbocycles.